The normalized spacial score (nSPS) is 16.2. The van der Waals surface area contributed by atoms with Crippen LogP contribution in [0.3, 0.4) is 0 Å². The maximum atomic E-state index is 12.5. The van der Waals surface area contributed by atoms with E-state index < -0.39 is 9.84 Å². The monoisotopic (exact) mass is 438 g/mol. The molecule has 3 nitrogen and oxygen atoms in total. The summed E-state index contributed by atoms with van der Waals surface area (Å²) in [6.45, 7) is 7.87. The van der Waals surface area contributed by atoms with Gasteiger partial charge in [0.25, 0.3) is 0 Å². The molecule has 0 spiro atoms. The fraction of sp³-hybridized carbons (Fsp3) is 0.444. The van der Waals surface area contributed by atoms with E-state index in [0.29, 0.717) is 18.6 Å². The maximum Gasteiger partial charge on any atom is 0.154 e. The first kappa shape index (κ1) is 23.5. The summed E-state index contributed by atoms with van der Waals surface area (Å²) in [5, 5.41) is 0. The van der Waals surface area contributed by atoms with Crippen molar-refractivity contribution in [3.8, 4) is 0 Å². The number of hydrogen-bond donors (Lipinski definition) is 0. The number of sulfone groups is 1. The Morgan fingerprint density at radius 3 is 2.48 bits per heavy atom. The van der Waals surface area contributed by atoms with E-state index in [9.17, 15) is 13.2 Å². The van der Waals surface area contributed by atoms with E-state index in [1.54, 1.807) is 0 Å². The average molecular weight is 439 g/mol. The van der Waals surface area contributed by atoms with E-state index in [0.717, 1.165) is 43.2 Å². The predicted octanol–water partition coefficient (Wildman–Crippen LogP) is 5.81. The number of carbonyl (C=O) groups excluding carboxylic acids is 1. The molecule has 0 radical (unpaired) electrons. The zero-order valence-electron chi connectivity index (χ0n) is 18.8. The summed E-state index contributed by atoms with van der Waals surface area (Å²) in [6.07, 6.45) is 7.50. The molecule has 0 bridgehead atoms. The van der Waals surface area contributed by atoms with E-state index in [2.05, 4.69) is 25.6 Å². The summed E-state index contributed by atoms with van der Waals surface area (Å²) in [6, 6.07) is 12.1. The number of Topliss-reactive ketones (excluding diaryl/α,β-unsaturated/α-hetero) is 1. The molecule has 2 aromatic carbocycles. The minimum absolute atomic E-state index is 0.00707. The van der Waals surface area contributed by atoms with Gasteiger partial charge in [0.05, 0.1) is 11.5 Å². The van der Waals surface area contributed by atoms with Gasteiger partial charge < -0.3 is 0 Å². The summed E-state index contributed by atoms with van der Waals surface area (Å²) >= 11 is 0. The van der Waals surface area contributed by atoms with Gasteiger partial charge in [0.1, 0.15) is 5.78 Å². The fourth-order valence-corrected chi connectivity index (χ4v) is 6.10. The molecule has 31 heavy (non-hydrogen) atoms. The number of hydrogen-bond acceptors (Lipinski definition) is 3. The summed E-state index contributed by atoms with van der Waals surface area (Å²) in [7, 11) is -3.13. The van der Waals surface area contributed by atoms with Gasteiger partial charge in [-0.1, -0.05) is 48.0 Å². The van der Waals surface area contributed by atoms with Crippen LogP contribution in [0.5, 0.6) is 0 Å². The van der Waals surface area contributed by atoms with Crippen LogP contribution in [0.4, 0.5) is 0 Å². The van der Waals surface area contributed by atoms with Gasteiger partial charge in [-0.15, -0.1) is 6.58 Å². The van der Waals surface area contributed by atoms with E-state index in [4.69, 9.17) is 0 Å². The van der Waals surface area contributed by atoms with Crippen molar-refractivity contribution in [1.82, 2.24) is 0 Å². The van der Waals surface area contributed by atoms with E-state index >= 15 is 0 Å². The largest absolute Gasteiger partial charge is 0.299 e. The molecule has 0 amide bonds. The van der Waals surface area contributed by atoms with Crippen molar-refractivity contribution in [1.29, 1.82) is 0 Å². The lowest BCUT2D eigenvalue weighted by Gasteiger charge is -2.27. The Bertz CT molecular complexity index is 1030. The summed E-state index contributed by atoms with van der Waals surface area (Å²) < 4.78 is 25.1. The van der Waals surface area contributed by atoms with Crippen LogP contribution in [0.1, 0.15) is 71.4 Å². The third-order valence-electron chi connectivity index (χ3n) is 6.24. The summed E-state index contributed by atoms with van der Waals surface area (Å²) in [5.74, 6) is 0.659. The molecule has 0 aromatic heterocycles. The van der Waals surface area contributed by atoms with Crippen LogP contribution in [-0.4, -0.2) is 20.0 Å². The van der Waals surface area contributed by atoms with E-state index in [-0.39, 0.29) is 17.4 Å². The van der Waals surface area contributed by atoms with Crippen molar-refractivity contribution in [3.05, 3.63) is 82.4 Å². The zero-order chi connectivity index (χ0) is 22.4. The third-order valence-corrected chi connectivity index (χ3v) is 7.92. The van der Waals surface area contributed by atoms with Crippen LogP contribution < -0.4 is 0 Å². The molecule has 1 unspecified atom stereocenters. The van der Waals surface area contributed by atoms with Gasteiger partial charge in [-0.2, -0.15) is 0 Å². The SMILES string of the molecule is C=CCCCC1C(=O)CCc2cc(CCCS(=O)(=O)Cc3ccc(C)cc3)cc(C)c21. The number of unbranched alkanes of at least 4 members (excludes halogenated alkanes) is 1. The number of carbonyl (C=O) groups is 1. The standard InChI is InChI=1S/C27H34O3S/c1-4-5-6-9-25-26(28)15-14-24-18-23(17-21(3)27(24)25)8-7-16-31(29,30)19-22-12-10-20(2)11-13-22/h4,10-13,17-18,25H,1,5-9,14-16,19H2,2-3H3. The quantitative estimate of drug-likeness (QED) is 0.348. The lowest BCUT2D eigenvalue weighted by Crippen LogP contribution is -2.22. The first-order valence-electron chi connectivity index (χ1n) is 11.3. The second-order valence-corrected chi connectivity index (χ2v) is 11.1. The number of ketones is 1. The molecule has 1 aliphatic carbocycles. The minimum atomic E-state index is -3.13. The average Bonchev–Trinajstić information content (AvgIpc) is 2.71. The van der Waals surface area contributed by atoms with Crippen LogP contribution in [0.25, 0.3) is 0 Å². The molecule has 4 heteroatoms. The zero-order valence-corrected chi connectivity index (χ0v) is 19.6. The third kappa shape index (κ3) is 6.39. The Hall–Kier alpha value is -2.20. The van der Waals surface area contributed by atoms with Crippen molar-refractivity contribution in [2.24, 2.45) is 0 Å². The lowest BCUT2D eigenvalue weighted by atomic mass is 9.76. The lowest BCUT2D eigenvalue weighted by molar-refractivity contribution is -0.121. The van der Waals surface area contributed by atoms with Gasteiger partial charge in [-0.25, -0.2) is 8.42 Å². The Morgan fingerprint density at radius 1 is 1.03 bits per heavy atom. The molecule has 166 valence electrons. The van der Waals surface area contributed by atoms with Crippen molar-refractivity contribution in [2.75, 3.05) is 5.75 Å². The summed E-state index contributed by atoms with van der Waals surface area (Å²) in [4.78, 5) is 12.5. The molecule has 0 N–H and O–H groups in total. The molecule has 0 fully saturated rings. The predicted molar refractivity (Wildman–Crippen MR) is 128 cm³/mol. The Balaban J connectivity index is 1.64. The molecule has 0 saturated carbocycles. The number of aryl methyl sites for hydroxylation is 4. The van der Waals surface area contributed by atoms with E-state index in [1.165, 1.54) is 22.3 Å². The van der Waals surface area contributed by atoms with Gasteiger partial charge >= 0.3 is 0 Å². The topological polar surface area (TPSA) is 51.2 Å². The molecular weight excluding hydrogens is 404 g/mol. The molecule has 0 saturated heterocycles. The molecule has 2 aromatic rings. The second-order valence-electron chi connectivity index (χ2n) is 8.91. The molecule has 0 aliphatic heterocycles. The maximum absolute atomic E-state index is 12.5. The van der Waals surface area contributed by atoms with Gasteiger partial charge in [-0.3, -0.25) is 4.79 Å². The van der Waals surface area contributed by atoms with Gasteiger partial charge in [0.15, 0.2) is 9.84 Å². The van der Waals surface area contributed by atoms with Crippen LogP contribution in [0, 0.1) is 13.8 Å². The van der Waals surface area contributed by atoms with Crippen LogP contribution in [-0.2, 0) is 33.2 Å². The molecule has 3 rings (SSSR count). The van der Waals surface area contributed by atoms with Crippen LogP contribution in [0.2, 0.25) is 0 Å². The van der Waals surface area contributed by atoms with Gasteiger partial charge in [-0.05, 0) is 80.2 Å². The highest BCUT2D eigenvalue weighted by molar-refractivity contribution is 7.90. The molecule has 1 atom stereocenters. The van der Waals surface area contributed by atoms with Crippen molar-refractivity contribution in [3.63, 3.8) is 0 Å². The smallest absolute Gasteiger partial charge is 0.154 e. The van der Waals surface area contributed by atoms with Gasteiger partial charge in [0, 0.05) is 12.3 Å². The molecule has 0 heterocycles. The highest BCUT2D eigenvalue weighted by Crippen LogP contribution is 2.36. The fourth-order valence-electron chi connectivity index (χ4n) is 4.67. The van der Waals surface area contributed by atoms with Gasteiger partial charge in [0.2, 0.25) is 0 Å². The second kappa shape index (κ2) is 10.4. The number of fused-ring (bicyclic) bond motifs is 1. The highest BCUT2D eigenvalue weighted by atomic mass is 32.2. The number of rotatable bonds is 10. The number of allylic oxidation sites excluding steroid dienone is 1. The highest BCUT2D eigenvalue weighted by Gasteiger charge is 2.28. The summed E-state index contributed by atoms with van der Waals surface area (Å²) in [5.41, 5.74) is 6.83. The van der Waals surface area contributed by atoms with Crippen molar-refractivity contribution >= 4 is 15.6 Å². The van der Waals surface area contributed by atoms with Crippen molar-refractivity contribution in [2.45, 2.75) is 70.5 Å². The Kier molecular flexibility index (Phi) is 7.88. The molecular formula is C27H34O3S. The molecule has 1 aliphatic rings. The first-order chi connectivity index (χ1) is 14.8. The number of benzene rings is 2. The minimum Gasteiger partial charge on any atom is -0.299 e. The Morgan fingerprint density at radius 2 is 1.77 bits per heavy atom. The van der Waals surface area contributed by atoms with Crippen LogP contribution in [0.15, 0.2) is 49.1 Å². The first-order valence-corrected chi connectivity index (χ1v) is 13.1. The van der Waals surface area contributed by atoms with Crippen molar-refractivity contribution < 1.29 is 13.2 Å². The van der Waals surface area contributed by atoms with E-state index in [1.807, 2.05) is 37.3 Å². The Labute approximate surface area is 187 Å². The van der Waals surface area contributed by atoms with Crippen LogP contribution >= 0.6 is 0 Å².